The lowest BCUT2D eigenvalue weighted by Crippen LogP contribution is -2.24. The SMILES string of the molecule is CCn1c(SCC(=O)NCc2ccccc2Cl)nnc1-c1cn(C)nc1OC. The number of halogens is 1. The summed E-state index contributed by atoms with van der Waals surface area (Å²) in [5.41, 5.74) is 1.64. The van der Waals surface area contributed by atoms with Gasteiger partial charge in [-0.15, -0.1) is 15.3 Å². The molecule has 1 aromatic carbocycles. The summed E-state index contributed by atoms with van der Waals surface area (Å²) in [5, 5.41) is 16.9. The fourth-order valence-electron chi connectivity index (χ4n) is 2.67. The number of nitrogens with one attached hydrogen (secondary N) is 1. The van der Waals surface area contributed by atoms with Crippen LogP contribution in [0.5, 0.6) is 5.88 Å². The molecule has 3 aromatic rings. The molecule has 0 radical (unpaired) electrons. The molecule has 0 bridgehead atoms. The molecule has 0 fully saturated rings. The van der Waals surface area contributed by atoms with Crippen molar-refractivity contribution >= 4 is 29.3 Å². The predicted octanol–water partition coefficient (Wildman–Crippen LogP) is 2.77. The molecule has 0 atom stereocenters. The first-order valence-corrected chi connectivity index (χ1v) is 10.0. The second-order valence-electron chi connectivity index (χ2n) is 5.93. The van der Waals surface area contributed by atoms with E-state index in [1.165, 1.54) is 11.8 Å². The van der Waals surface area contributed by atoms with Gasteiger partial charge in [0.05, 0.1) is 12.9 Å². The number of aryl methyl sites for hydroxylation is 1. The van der Waals surface area contributed by atoms with Gasteiger partial charge >= 0.3 is 0 Å². The summed E-state index contributed by atoms with van der Waals surface area (Å²) in [6, 6.07) is 7.43. The van der Waals surface area contributed by atoms with Crippen molar-refractivity contribution in [3.8, 4) is 17.3 Å². The first-order valence-electron chi connectivity index (χ1n) is 8.67. The van der Waals surface area contributed by atoms with E-state index in [0.29, 0.717) is 35.0 Å². The lowest BCUT2D eigenvalue weighted by molar-refractivity contribution is -0.118. The van der Waals surface area contributed by atoms with Crippen LogP contribution in [0.3, 0.4) is 0 Å². The number of nitrogens with zero attached hydrogens (tertiary/aromatic N) is 5. The van der Waals surface area contributed by atoms with Crippen LogP contribution in [0.15, 0.2) is 35.6 Å². The smallest absolute Gasteiger partial charge is 0.243 e. The van der Waals surface area contributed by atoms with Crippen LogP contribution in [-0.2, 0) is 24.9 Å². The van der Waals surface area contributed by atoms with Gasteiger partial charge in [0, 0.05) is 31.4 Å². The number of hydrogen-bond acceptors (Lipinski definition) is 6. The van der Waals surface area contributed by atoms with Crippen molar-refractivity contribution in [3.05, 3.63) is 41.0 Å². The van der Waals surface area contributed by atoms with Gasteiger partial charge < -0.3 is 14.6 Å². The van der Waals surface area contributed by atoms with E-state index < -0.39 is 0 Å². The molecule has 8 nitrogen and oxygen atoms in total. The molecule has 0 saturated carbocycles. The summed E-state index contributed by atoms with van der Waals surface area (Å²) in [4.78, 5) is 12.2. The lowest BCUT2D eigenvalue weighted by Gasteiger charge is -2.08. The standard InChI is InChI=1S/C18H21ClN6O2S/c1-4-25-16(13-10-24(2)23-17(13)27-3)21-22-18(25)28-11-15(26)20-9-12-7-5-6-8-14(12)19/h5-8,10H,4,9,11H2,1-3H3,(H,20,26). The van der Waals surface area contributed by atoms with Gasteiger partial charge in [-0.2, -0.15) is 0 Å². The summed E-state index contributed by atoms with van der Waals surface area (Å²) in [6.07, 6.45) is 1.83. The largest absolute Gasteiger partial charge is 0.479 e. The van der Waals surface area contributed by atoms with Crippen LogP contribution < -0.4 is 10.1 Å². The molecule has 0 saturated heterocycles. The Balaban J connectivity index is 1.65. The van der Waals surface area contributed by atoms with E-state index in [1.807, 2.05) is 42.9 Å². The highest BCUT2D eigenvalue weighted by Gasteiger charge is 2.20. The Labute approximate surface area is 172 Å². The number of benzene rings is 1. The Kier molecular flexibility index (Phi) is 6.58. The number of aromatic nitrogens is 5. The first-order chi connectivity index (χ1) is 13.5. The van der Waals surface area contributed by atoms with Crippen molar-refractivity contribution in [1.29, 1.82) is 0 Å². The number of ether oxygens (including phenoxy) is 1. The Morgan fingerprint density at radius 2 is 2.11 bits per heavy atom. The number of carbonyl (C=O) groups excluding carboxylic acids is 1. The molecule has 0 aliphatic carbocycles. The van der Waals surface area contributed by atoms with Gasteiger partial charge in [0.2, 0.25) is 11.8 Å². The minimum Gasteiger partial charge on any atom is -0.479 e. The van der Waals surface area contributed by atoms with Crippen molar-refractivity contribution in [3.63, 3.8) is 0 Å². The van der Waals surface area contributed by atoms with E-state index in [0.717, 1.165) is 11.1 Å². The van der Waals surface area contributed by atoms with Crippen LogP contribution in [0.1, 0.15) is 12.5 Å². The van der Waals surface area contributed by atoms with Crippen molar-refractivity contribution in [1.82, 2.24) is 29.9 Å². The number of amides is 1. The van der Waals surface area contributed by atoms with Gasteiger partial charge in [-0.3, -0.25) is 9.48 Å². The zero-order valence-electron chi connectivity index (χ0n) is 15.8. The quantitative estimate of drug-likeness (QED) is 0.564. The van der Waals surface area contributed by atoms with Crippen molar-refractivity contribution in [2.24, 2.45) is 7.05 Å². The predicted molar refractivity (Wildman–Crippen MR) is 108 cm³/mol. The molecule has 0 unspecified atom stereocenters. The molecule has 0 aliphatic rings. The number of rotatable bonds is 8. The summed E-state index contributed by atoms with van der Waals surface area (Å²) >= 11 is 7.44. The number of thioether (sulfide) groups is 1. The highest BCUT2D eigenvalue weighted by atomic mass is 35.5. The average Bonchev–Trinajstić information content (AvgIpc) is 3.27. The van der Waals surface area contributed by atoms with Crippen molar-refractivity contribution < 1.29 is 9.53 Å². The maximum absolute atomic E-state index is 12.2. The van der Waals surface area contributed by atoms with Gasteiger partial charge in [-0.1, -0.05) is 41.6 Å². The second kappa shape index (κ2) is 9.11. The normalized spacial score (nSPS) is 10.9. The third-order valence-electron chi connectivity index (χ3n) is 4.03. The van der Waals surface area contributed by atoms with E-state index in [1.54, 1.807) is 17.9 Å². The van der Waals surface area contributed by atoms with Crippen LogP contribution in [0.4, 0.5) is 0 Å². The third kappa shape index (κ3) is 4.48. The molecule has 0 aliphatic heterocycles. The van der Waals surface area contributed by atoms with Crippen LogP contribution in [0, 0.1) is 0 Å². The minimum absolute atomic E-state index is 0.101. The molecule has 0 spiro atoms. The van der Waals surface area contributed by atoms with E-state index in [9.17, 15) is 4.79 Å². The van der Waals surface area contributed by atoms with Crippen molar-refractivity contribution in [2.75, 3.05) is 12.9 Å². The molecule has 1 N–H and O–H groups in total. The van der Waals surface area contributed by atoms with Crippen LogP contribution in [0.25, 0.3) is 11.4 Å². The van der Waals surface area contributed by atoms with Gasteiger partial charge in [0.15, 0.2) is 11.0 Å². The second-order valence-corrected chi connectivity index (χ2v) is 7.28. The number of methoxy groups -OCH3 is 1. The summed E-state index contributed by atoms with van der Waals surface area (Å²) in [7, 11) is 3.38. The third-order valence-corrected chi connectivity index (χ3v) is 5.36. The van der Waals surface area contributed by atoms with Crippen LogP contribution in [-0.4, -0.2) is 43.3 Å². The highest BCUT2D eigenvalue weighted by molar-refractivity contribution is 7.99. The van der Waals surface area contributed by atoms with Crippen LogP contribution in [0.2, 0.25) is 5.02 Å². The van der Waals surface area contributed by atoms with Gasteiger partial charge in [0.1, 0.15) is 5.56 Å². The zero-order valence-corrected chi connectivity index (χ0v) is 17.4. The summed E-state index contributed by atoms with van der Waals surface area (Å²) in [5.74, 6) is 1.27. The van der Waals surface area contributed by atoms with Gasteiger partial charge in [0.25, 0.3) is 0 Å². The molecule has 28 heavy (non-hydrogen) atoms. The van der Waals surface area contributed by atoms with E-state index in [2.05, 4.69) is 20.6 Å². The highest BCUT2D eigenvalue weighted by Crippen LogP contribution is 2.29. The lowest BCUT2D eigenvalue weighted by atomic mass is 10.2. The molecule has 148 valence electrons. The molecular weight excluding hydrogens is 400 g/mol. The molecule has 3 rings (SSSR count). The Morgan fingerprint density at radius 3 is 2.82 bits per heavy atom. The summed E-state index contributed by atoms with van der Waals surface area (Å²) < 4.78 is 8.92. The zero-order chi connectivity index (χ0) is 20.1. The summed E-state index contributed by atoms with van der Waals surface area (Å²) in [6.45, 7) is 3.04. The van der Waals surface area contributed by atoms with Crippen molar-refractivity contribution in [2.45, 2.75) is 25.2 Å². The Hall–Kier alpha value is -2.52. The molecule has 1 amide bonds. The maximum atomic E-state index is 12.2. The Bertz CT molecular complexity index is 971. The van der Waals surface area contributed by atoms with E-state index in [-0.39, 0.29) is 11.7 Å². The Morgan fingerprint density at radius 1 is 1.32 bits per heavy atom. The topological polar surface area (TPSA) is 86.9 Å². The first kappa shape index (κ1) is 20.2. The number of hydrogen-bond donors (Lipinski definition) is 1. The molecular formula is C18H21ClN6O2S. The molecule has 2 heterocycles. The van der Waals surface area contributed by atoms with Gasteiger partial charge in [-0.25, -0.2) is 0 Å². The maximum Gasteiger partial charge on any atom is 0.243 e. The average molecular weight is 421 g/mol. The minimum atomic E-state index is -0.101. The van der Waals surface area contributed by atoms with E-state index in [4.69, 9.17) is 16.3 Å². The fourth-order valence-corrected chi connectivity index (χ4v) is 3.70. The molecule has 2 aromatic heterocycles. The fraction of sp³-hybridized carbons (Fsp3) is 0.333. The monoisotopic (exact) mass is 420 g/mol. The van der Waals surface area contributed by atoms with Crippen LogP contribution >= 0.6 is 23.4 Å². The van der Waals surface area contributed by atoms with Gasteiger partial charge in [-0.05, 0) is 18.6 Å². The number of carbonyl (C=O) groups is 1. The van der Waals surface area contributed by atoms with E-state index >= 15 is 0 Å². The molecule has 10 heteroatoms.